The summed E-state index contributed by atoms with van der Waals surface area (Å²) in [5.41, 5.74) is 6.83. The first-order chi connectivity index (χ1) is 6.15. The minimum absolute atomic E-state index is 0.102. The largest absolute Gasteiger partial charge is 0.315 e. The molecule has 1 unspecified atom stereocenters. The molecule has 0 aliphatic rings. The van der Waals surface area contributed by atoms with Gasteiger partial charge in [-0.05, 0) is 12.1 Å². The summed E-state index contributed by atoms with van der Waals surface area (Å²) >= 11 is 0. The van der Waals surface area contributed by atoms with Crippen molar-refractivity contribution in [1.29, 1.82) is 0 Å². The number of nitrogens with two attached hydrogens (primary N) is 1. The third-order valence-electron chi connectivity index (χ3n) is 1.65. The van der Waals surface area contributed by atoms with E-state index in [9.17, 15) is 8.78 Å². The highest BCUT2D eigenvalue weighted by molar-refractivity contribution is 5.20. The fourth-order valence-electron chi connectivity index (χ4n) is 0.993. The summed E-state index contributed by atoms with van der Waals surface area (Å²) in [5.74, 6) is -1.32. The molecule has 0 radical (unpaired) electrons. The second kappa shape index (κ2) is 4.27. The molecule has 5 heteroatoms. The van der Waals surface area contributed by atoms with E-state index in [1.807, 2.05) is 0 Å². The van der Waals surface area contributed by atoms with E-state index in [0.29, 0.717) is 0 Å². The molecule has 0 aliphatic heterocycles. The zero-order valence-electron chi connectivity index (χ0n) is 6.80. The van der Waals surface area contributed by atoms with Crippen LogP contribution in [0.15, 0.2) is 18.2 Å². The van der Waals surface area contributed by atoms with Crippen molar-refractivity contribution in [3.63, 3.8) is 0 Å². The molecular formula is C8H10F2N2O. The summed E-state index contributed by atoms with van der Waals surface area (Å²) in [6, 6.07) is 3.55. The van der Waals surface area contributed by atoms with E-state index in [2.05, 4.69) is 0 Å². The Morgan fingerprint density at radius 2 is 1.92 bits per heavy atom. The molecule has 0 amide bonds. The number of hydroxylamine groups is 1. The number of nitrogens with one attached hydrogen (secondary N) is 1. The summed E-state index contributed by atoms with van der Waals surface area (Å²) in [6.07, 6.45) is -0.971. The fraction of sp³-hybridized carbons (Fsp3) is 0.250. The molecule has 0 saturated heterocycles. The average molecular weight is 188 g/mol. The maximum Gasteiger partial charge on any atom is 0.129 e. The molecule has 0 spiro atoms. The van der Waals surface area contributed by atoms with Crippen molar-refractivity contribution >= 4 is 0 Å². The molecule has 1 rings (SSSR count). The third-order valence-corrected chi connectivity index (χ3v) is 1.65. The molecule has 13 heavy (non-hydrogen) atoms. The van der Waals surface area contributed by atoms with Crippen LogP contribution in [0.3, 0.4) is 0 Å². The monoisotopic (exact) mass is 188 g/mol. The van der Waals surface area contributed by atoms with Gasteiger partial charge in [0.05, 0.1) is 6.17 Å². The quantitative estimate of drug-likeness (QED) is 0.485. The van der Waals surface area contributed by atoms with Crippen molar-refractivity contribution in [3.05, 3.63) is 35.4 Å². The van der Waals surface area contributed by atoms with Gasteiger partial charge in [-0.15, -0.1) is 0 Å². The first-order valence-electron chi connectivity index (χ1n) is 3.73. The number of hydrogen-bond acceptors (Lipinski definition) is 3. The molecule has 0 aromatic heterocycles. The van der Waals surface area contributed by atoms with Gasteiger partial charge in [0.1, 0.15) is 11.6 Å². The number of rotatable bonds is 3. The Labute approximate surface area is 74.1 Å². The van der Waals surface area contributed by atoms with Crippen molar-refractivity contribution < 1.29 is 14.0 Å². The van der Waals surface area contributed by atoms with E-state index in [0.717, 1.165) is 12.1 Å². The summed E-state index contributed by atoms with van der Waals surface area (Å²) in [5, 5.41) is 8.36. The molecular weight excluding hydrogens is 178 g/mol. The normalized spacial score (nSPS) is 12.9. The molecule has 0 aliphatic carbocycles. The summed E-state index contributed by atoms with van der Waals surface area (Å²) in [6.45, 7) is 0. The molecule has 1 aromatic rings. The van der Waals surface area contributed by atoms with Crippen LogP contribution in [-0.4, -0.2) is 11.4 Å². The van der Waals surface area contributed by atoms with Crippen LogP contribution >= 0.6 is 0 Å². The number of hydrogen-bond donors (Lipinski definition) is 3. The smallest absolute Gasteiger partial charge is 0.129 e. The Morgan fingerprint density at radius 3 is 2.38 bits per heavy atom. The van der Waals surface area contributed by atoms with Gasteiger partial charge in [0.15, 0.2) is 0 Å². The van der Waals surface area contributed by atoms with Gasteiger partial charge in [-0.1, -0.05) is 6.07 Å². The van der Waals surface area contributed by atoms with E-state index in [1.54, 1.807) is 5.48 Å². The Balaban J connectivity index is 2.87. The highest BCUT2D eigenvalue weighted by atomic mass is 19.1. The first-order valence-corrected chi connectivity index (χ1v) is 3.73. The third kappa shape index (κ3) is 2.45. The molecule has 0 fully saturated rings. The molecule has 3 nitrogen and oxygen atoms in total. The highest BCUT2D eigenvalue weighted by Crippen LogP contribution is 2.12. The lowest BCUT2D eigenvalue weighted by atomic mass is 10.1. The fourth-order valence-corrected chi connectivity index (χ4v) is 0.993. The Hall–Kier alpha value is -1.04. The van der Waals surface area contributed by atoms with Crippen LogP contribution < -0.4 is 11.2 Å². The lowest BCUT2D eigenvalue weighted by Crippen LogP contribution is -2.37. The van der Waals surface area contributed by atoms with Gasteiger partial charge in [-0.25, -0.2) is 8.78 Å². The number of halogens is 2. The lowest BCUT2D eigenvalue weighted by molar-refractivity contribution is 0.127. The predicted octanol–water partition coefficient (Wildman–Crippen LogP) is 0.771. The summed E-state index contributed by atoms with van der Waals surface area (Å²) in [7, 11) is 0. The topological polar surface area (TPSA) is 58.3 Å². The molecule has 4 N–H and O–H groups in total. The number of benzene rings is 1. The SMILES string of the molecule is NC(Cc1c(F)cccc1F)NO. The van der Waals surface area contributed by atoms with Gasteiger partial charge < -0.3 is 10.9 Å². The zero-order chi connectivity index (χ0) is 9.84. The predicted molar refractivity (Wildman–Crippen MR) is 43.0 cm³/mol. The molecule has 1 aromatic carbocycles. The van der Waals surface area contributed by atoms with E-state index in [4.69, 9.17) is 10.9 Å². The lowest BCUT2D eigenvalue weighted by Gasteiger charge is -2.10. The van der Waals surface area contributed by atoms with Crippen molar-refractivity contribution in [3.8, 4) is 0 Å². The van der Waals surface area contributed by atoms with E-state index in [-0.39, 0.29) is 12.0 Å². The van der Waals surface area contributed by atoms with Crippen LogP contribution in [0.2, 0.25) is 0 Å². The van der Waals surface area contributed by atoms with Gasteiger partial charge in [-0.2, -0.15) is 5.48 Å². The van der Waals surface area contributed by atoms with Crippen molar-refractivity contribution in [1.82, 2.24) is 5.48 Å². The minimum Gasteiger partial charge on any atom is -0.315 e. The van der Waals surface area contributed by atoms with Crippen LogP contribution in [0.4, 0.5) is 8.78 Å². The second-order valence-electron chi connectivity index (χ2n) is 2.64. The van der Waals surface area contributed by atoms with Crippen LogP contribution in [0.1, 0.15) is 5.56 Å². The standard InChI is InChI=1S/C8H10F2N2O/c9-6-2-1-3-7(10)5(6)4-8(11)12-13/h1-3,8,12-13H,4,11H2. The van der Waals surface area contributed by atoms with Gasteiger partial charge in [0.2, 0.25) is 0 Å². The first kappa shape index (κ1) is 10.0. The maximum absolute atomic E-state index is 12.9. The Kier molecular flexibility index (Phi) is 3.30. The highest BCUT2D eigenvalue weighted by Gasteiger charge is 2.11. The van der Waals surface area contributed by atoms with Crippen molar-refractivity contribution in [2.75, 3.05) is 0 Å². The Morgan fingerprint density at radius 1 is 1.38 bits per heavy atom. The van der Waals surface area contributed by atoms with Crippen LogP contribution in [-0.2, 0) is 6.42 Å². The van der Waals surface area contributed by atoms with Crippen molar-refractivity contribution in [2.45, 2.75) is 12.6 Å². The van der Waals surface area contributed by atoms with Crippen LogP contribution in [0, 0.1) is 11.6 Å². The maximum atomic E-state index is 12.9. The molecule has 0 heterocycles. The van der Waals surface area contributed by atoms with Gasteiger partial charge in [-0.3, -0.25) is 0 Å². The van der Waals surface area contributed by atoms with E-state index < -0.39 is 17.8 Å². The molecule has 72 valence electrons. The van der Waals surface area contributed by atoms with Crippen LogP contribution in [0.25, 0.3) is 0 Å². The zero-order valence-corrected chi connectivity index (χ0v) is 6.80. The van der Waals surface area contributed by atoms with Gasteiger partial charge >= 0.3 is 0 Å². The van der Waals surface area contributed by atoms with Crippen molar-refractivity contribution in [2.24, 2.45) is 5.73 Å². The summed E-state index contributed by atoms with van der Waals surface area (Å²) < 4.78 is 25.9. The molecule has 0 saturated carbocycles. The summed E-state index contributed by atoms with van der Waals surface area (Å²) in [4.78, 5) is 0. The van der Waals surface area contributed by atoms with E-state index in [1.165, 1.54) is 6.07 Å². The molecule has 0 bridgehead atoms. The molecule has 1 atom stereocenters. The van der Waals surface area contributed by atoms with E-state index >= 15 is 0 Å². The average Bonchev–Trinajstić information content (AvgIpc) is 2.11. The minimum atomic E-state index is -0.869. The Bertz CT molecular complexity index is 273. The van der Waals surface area contributed by atoms with Gasteiger partial charge in [0.25, 0.3) is 0 Å². The van der Waals surface area contributed by atoms with Gasteiger partial charge in [0, 0.05) is 12.0 Å². The van der Waals surface area contributed by atoms with Crippen LogP contribution in [0.5, 0.6) is 0 Å². The second-order valence-corrected chi connectivity index (χ2v) is 2.64.